The Morgan fingerprint density at radius 1 is 0.659 bits per heavy atom. The van der Waals surface area contributed by atoms with Crippen LogP contribution in [0.4, 0.5) is 0 Å². The number of hydrogen-bond donors (Lipinski definition) is 0. The van der Waals surface area contributed by atoms with E-state index in [0.717, 1.165) is 11.1 Å². The molecular formula is C34H51NO9. The van der Waals surface area contributed by atoms with Crippen LogP contribution in [0.2, 0.25) is 0 Å². The van der Waals surface area contributed by atoms with Crippen molar-refractivity contribution < 1.29 is 42.9 Å². The van der Waals surface area contributed by atoms with Crippen molar-refractivity contribution in [3.05, 3.63) is 35.4 Å². The molecule has 1 aromatic rings. The highest BCUT2D eigenvalue weighted by molar-refractivity contribution is 5.80. The van der Waals surface area contributed by atoms with Crippen molar-refractivity contribution in [2.24, 2.45) is 26.7 Å². The zero-order valence-corrected chi connectivity index (χ0v) is 28.6. The summed E-state index contributed by atoms with van der Waals surface area (Å²) in [7, 11) is 0. The van der Waals surface area contributed by atoms with Crippen molar-refractivity contribution in [1.82, 2.24) is 0 Å². The van der Waals surface area contributed by atoms with Crippen LogP contribution in [0.5, 0.6) is 0 Å². The molecule has 0 aliphatic carbocycles. The minimum absolute atomic E-state index is 0.335. The second-order valence-electron chi connectivity index (χ2n) is 15.5. The standard InChI is InChI=1S/C34H51NO9/c1-20-14-16-21(17-15-20)18-35-26-25(44-30(39)34(11,12)13)24(43-29(38)33(8,9)10)23(42-28(37)32(5,6)7)22(41-26)19-40-27(36)31(2,3)4/h14-18,22-26H,19H2,1-13H3/b35-18+/t22-,23-,24+,25-,26-/m1/s1. The van der Waals surface area contributed by atoms with E-state index in [9.17, 15) is 19.2 Å². The molecule has 246 valence electrons. The van der Waals surface area contributed by atoms with Gasteiger partial charge in [-0.15, -0.1) is 0 Å². The molecule has 0 saturated carbocycles. The molecule has 1 fully saturated rings. The highest BCUT2D eigenvalue weighted by Crippen LogP contribution is 2.34. The summed E-state index contributed by atoms with van der Waals surface area (Å²) in [6.07, 6.45) is -4.71. The molecule has 1 aromatic carbocycles. The number of carbonyl (C=O) groups excluding carboxylic acids is 4. The Labute approximate surface area is 262 Å². The van der Waals surface area contributed by atoms with Gasteiger partial charge in [-0.25, -0.2) is 0 Å². The Kier molecular flexibility index (Phi) is 11.6. The van der Waals surface area contributed by atoms with Crippen molar-refractivity contribution in [3.63, 3.8) is 0 Å². The van der Waals surface area contributed by atoms with Gasteiger partial charge in [0.25, 0.3) is 0 Å². The molecule has 1 heterocycles. The summed E-state index contributed by atoms with van der Waals surface area (Å²) in [6, 6.07) is 7.58. The molecule has 0 bridgehead atoms. The number of benzene rings is 1. The van der Waals surface area contributed by atoms with E-state index in [1.54, 1.807) is 89.3 Å². The third-order valence-corrected chi connectivity index (χ3v) is 6.61. The van der Waals surface area contributed by atoms with Crippen LogP contribution in [0.25, 0.3) is 0 Å². The van der Waals surface area contributed by atoms with Gasteiger partial charge < -0.3 is 23.7 Å². The van der Waals surface area contributed by atoms with Crippen molar-refractivity contribution >= 4 is 30.1 Å². The van der Waals surface area contributed by atoms with Gasteiger partial charge in [0.05, 0.1) is 21.7 Å². The van der Waals surface area contributed by atoms with Gasteiger partial charge in [-0.2, -0.15) is 0 Å². The van der Waals surface area contributed by atoms with E-state index in [1.807, 2.05) is 31.2 Å². The van der Waals surface area contributed by atoms with E-state index in [2.05, 4.69) is 4.99 Å². The highest BCUT2D eigenvalue weighted by Gasteiger charge is 2.54. The number of hydrogen-bond acceptors (Lipinski definition) is 10. The summed E-state index contributed by atoms with van der Waals surface area (Å²) >= 11 is 0. The third kappa shape index (κ3) is 10.4. The second kappa shape index (κ2) is 13.8. The maximum absolute atomic E-state index is 13.3. The monoisotopic (exact) mass is 617 g/mol. The van der Waals surface area contributed by atoms with Crippen molar-refractivity contribution in [3.8, 4) is 0 Å². The molecule has 0 amide bonds. The summed E-state index contributed by atoms with van der Waals surface area (Å²) in [5.41, 5.74) is -1.83. The fourth-order valence-corrected chi connectivity index (χ4v) is 3.64. The molecule has 44 heavy (non-hydrogen) atoms. The van der Waals surface area contributed by atoms with Gasteiger partial charge in [0.1, 0.15) is 12.7 Å². The largest absolute Gasteiger partial charge is 0.462 e. The Morgan fingerprint density at radius 3 is 1.50 bits per heavy atom. The van der Waals surface area contributed by atoms with E-state index in [1.165, 1.54) is 0 Å². The number of ether oxygens (including phenoxy) is 5. The highest BCUT2D eigenvalue weighted by atomic mass is 16.7. The predicted molar refractivity (Wildman–Crippen MR) is 166 cm³/mol. The minimum Gasteiger partial charge on any atom is -0.462 e. The van der Waals surface area contributed by atoms with Gasteiger partial charge >= 0.3 is 23.9 Å². The Bertz CT molecular complexity index is 1210. The number of nitrogens with zero attached hydrogens (tertiary/aromatic N) is 1. The SMILES string of the molecule is Cc1ccc(/C=N/[C@@H]2O[C@H](COC(=O)C(C)(C)C)[C@@H](OC(=O)C(C)(C)C)[C@H](OC(=O)C(C)(C)C)[C@H]2OC(=O)C(C)(C)C)cc1. The van der Waals surface area contributed by atoms with E-state index < -0.39 is 76.2 Å². The van der Waals surface area contributed by atoms with Gasteiger partial charge in [0.2, 0.25) is 0 Å². The summed E-state index contributed by atoms with van der Waals surface area (Å²) in [5, 5.41) is 0. The number of esters is 4. The molecule has 0 unspecified atom stereocenters. The summed E-state index contributed by atoms with van der Waals surface area (Å²) in [6.45, 7) is 21.9. The van der Waals surface area contributed by atoms with E-state index in [-0.39, 0.29) is 6.61 Å². The first-order valence-corrected chi connectivity index (χ1v) is 15.0. The van der Waals surface area contributed by atoms with Crippen LogP contribution >= 0.6 is 0 Å². The lowest BCUT2D eigenvalue weighted by atomic mass is 9.92. The Hall–Kier alpha value is -3.27. The van der Waals surface area contributed by atoms with Gasteiger partial charge in [-0.05, 0) is 95.6 Å². The second-order valence-corrected chi connectivity index (χ2v) is 15.5. The topological polar surface area (TPSA) is 127 Å². The van der Waals surface area contributed by atoms with Crippen molar-refractivity contribution in [1.29, 1.82) is 0 Å². The van der Waals surface area contributed by atoms with Gasteiger partial charge in [0.15, 0.2) is 24.5 Å². The molecule has 2 rings (SSSR count). The number of aryl methyl sites for hydroxylation is 1. The molecule has 1 aliphatic rings. The number of aliphatic imine (C=N–C) groups is 1. The average Bonchev–Trinajstić information content (AvgIpc) is 2.87. The van der Waals surface area contributed by atoms with E-state index in [0.29, 0.717) is 0 Å². The lowest BCUT2D eigenvalue weighted by molar-refractivity contribution is -0.258. The first-order valence-electron chi connectivity index (χ1n) is 15.0. The number of carbonyl (C=O) groups is 4. The molecule has 5 atom stereocenters. The Morgan fingerprint density at radius 2 is 1.07 bits per heavy atom. The lowest BCUT2D eigenvalue weighted by Crippen LogP contribution is -2.63. The smallest absolute Gasteiger partial charge is 0.311 e. The van der Waals surface area contributed by atoms with Crippen LogP contribution < -0.4 is 0 Å². The van der Waals surface area contributed by atoms with Crippen LogP contribution in [-0.2, 0) is 42.9 Å². The van der Waals surface area contributed by atoms with Crippen molar-refractivity contribution in [2.75, 3.05) is 6.61 Å². The molecule has 0 N–H and O–H groups in total. The van der Waals surface area contributed by atoms with Gasteiger partial charge in [-0.1, -0.05) is 29.8 Å². The zero-order chi connectivity index (χ0) is 33.8. The van der Waals surface area contributed by atoms with Gasteiger partial charge in [-0.3, -0.25) is 24.2 Å². The quantitative estimate of drug-likeness (QED) is 0.218. The normalized spacial score (nSPS) is 23.2. The van der Waals surface area contributed by atoms with Crippen LogP contribution in [0.15, 0.2) is 29.3 Å². The minimum atomic E-state index is -1.34. The summed E-state index contributed by atoms with van der Waals surface area (Å²) < 4.78 is 29.9. The molecule has 0 aromatic heterocycles. The molecule has 10 heteroatoms. The fraction of sp³-hybridized carbons (Fsp3) is 0.676. The van der Waals surface area contributed by atoms with E-state index >= 15 is 0 Å². The van der Waals surface area contributed by atoms with E-state index in [4.69, 9.17) is 23.7 Å². The van der Waals surface area contributed by atoms with Crippen LogP contribution in [-0.4, -0.2) is 67.3 Å². The molecule has 10 nitrogen and oxygen atoms in total. The third-order valence-electron chi connectivity index (χ3n) is 6.61. The molecule has 0 radical (unpaired) electrons. The van der Waals surface area contributed by atoms with Crippen molar-refractivity contribution in [2.45, 2.75) is 121 Å². The molecular weight excluding hydrogens is 566 g/mol. The average molecular weight is 618 g/mol. The summed E-state index contributed by atoms with van der Waals surface area (Å²) in [4.78, 5) is 57.2. The van der Waals surface area contributed by atoms with Crippen LogP contribution in [0.1, 0.15) is 94.2 Å². The molecule has 1 saturated heterocycles. The fourth-order valence-electron chi connectivity index (χ4n) is 3.64. The maximum atomic E-state index is 13.3. The molecule has 0 spiro atoms. The predicted octanol–water partition coefficient (Wildman–Crippen LogP) is 5.60. The maximum Gasteiger partial charge on any atom is 0.311 e. The lowest BCUT2D eigenvalue weighted by Gasteiger charge is -2.45. The first-order chi connectivity index (χ1) is 19.9. The summed E-state index contributed by atoms with van der Waals surface area (Å²) in [5.74, 6) is -2.34. The zero-order valence-electron chi connectivity index (χ0n) is 28.6. The van der Waals surface area contributed by atoms with Crippen LogP contribution in [0, 0.1) is 28.6 Å². The number of rotatable bonds is 7. The Balaban J connectivity index is 2.71. The van der Waals surface area contributed by atoms with Crippen LogP contribution in [0.3, 0.4) is 0 Å². The molecule has 1 aliphatic heterocycles. The van der Waals surface area contributed by atoms with Gasteiger partial charge in [0, 0.05) is 6.21 Å². The first kappa shape index (κ1) is 36.9.